The molecule has 0 aromatic carbocycles. The van der Waals surface area contributed by atoms with Crippen LogP contribution in [0.3, 0.4) is 0 Å². The Labute approximate surface area is 92.9 Å². The molecule has 1 N–H and O–H groups in total. The molecule has 82 valence electrons. The van der Waals surface area contributed by atoms with Gasteiger partial charge in [0.1, 0.15) is 5.56 Å². The number of halogens is 1. The van der Waals surface area contributed by atoms with Gasteiger partial charge in [-0.25, -0.2) is 0 Å². The molecule has 1 atom stereocenters. The molecule has 0 bridgehead atoms. The maximum absolute atomic E-state index is 11.8. The Kier molecular flexibility index (Phi) is 3.91. The van der Waals surface area contributed by atoms with E-state index < -0.39 is 0 Å². The number of hydrogen-bond acceptors (Lipinski definition) is 2. The molecule has 1 rings (SSSR count). The van der Waals surface area contributed by atoms with Crippen LogP contribution in [0.1, 0.15) is 17.3 Å². The van der Waals surface area contributed by atoms with Gasteiger partial charge in [0, 0.05) is 37.4 Å². The lowest BCUT2D eigenvalue weighted by atomic mass is 10.2. The average Bonchev–Trinajstić information content (AvgIpc) is 2.26. The number of aromatic amines is 1. The third-order valence-electron chi connectivity index (χ3n) is 2.26. The Morgan fingerprint density at radius 2 is 2.33 bits per heavy atom. The lowest BCUT2D eigenvalue weighted by Gasteiger charge is -2.22. The highest BCUT2D eigenvalue weighted by atomic mass is 35.5. The number of nitrogens with zero attached hydrogens (tertiary/aromatic N) is 1. The minimum absolute atomic E-state index is 0.0984. The van der Waals surface area contributed by atoms with Crippen LogP contribution in [-0.4, -0.2) is 34.8 Å². The van der Waals surface area contributed by atoms with E-state index in [1.54, 1.807) is 7.05 Å². The molecule has 0 aliphatic rings. The summed E-state index contributed by atoms with van der Waals surface area (Å²) in [5.41, 5.74) is -0.149. The van der Waals surface area contributed by atoms with Crippen LogP contribution < -0.4 is 5.43 Å². The van der Waals surface area contributed by atoms with E-state index in [2.05, 4.69) is 4.98 Å². The van der Waals surface area contributed by atoms with Crippen molar-refractivity contribution in [1.29, 1.82) is 0 Å². The highest BCUT2D eigenvalue weighted by molar-refractivity contribution is 6.18. The maximum Gasteiger partial charge on any atom is 0.259 e. The van der Waals surface area contributed by atoms with Crippen molar-refractivity contribution in [3.8, 4) is 0 Å². The summed E-state index contributed by atoms with van der Waals surface area (Å²) in [5, 5.41) is 0. The number of alkyl halides is 1. The van der Waals surface area contributed by atoms with E-state index >= 15 is 0 Å². The van der Waals surface area contributed by atoms with Gasteiger partial charge in [0.05, 0.1) is 0 Å². The second-order valence-corrected chi connectivity index (χ2v) is 3.65. The Bertz CT molecular complexity index is 402. The van der Waals surface area contributed by atoms with Gasteiger partial charge in [-0.15, -0.1) is 11.6 Å². The molecule has 15 heavy (non-hydrogen) atoms. The second kappa shape index (κ2) is 4.98. The van der Waals surface area contributed by atoms with Crippen LogP contribution in [-0.2, 0) is 0 Å². The van der Waals surface area contributed by atoms with Gasteiger partial charge in [0.15, 0.2) is 5.43 Å². The molecule has 0 radical (unpaired) electrons. The van der Waals surface area contributed by atoms with Gasteiger partial charge >= 0.3 is 0 Å². The molecule has 0 saturated carbocycles. The van der Waals surface area contributed by atoms with E-state index in [1.807, 2.05) is 6.92 Å². The molecule has 1 amide bonds. The summed E-state index contributed by atoms with van der Waals surface area (Å²) in [6.45, 7) is 1.82. The summed E-state index contributed by atoms with van der Waals surface area (Å²) in [6, 6.07) is 1.23. The van der Waals surface area contributed by atoms with Crippen molar-refractivity contribution in [3.05, 3.63) is 34.2 Å². The number of carbonyl (C=O) groups is 1. The number of pyridine rings is 1. The predicted molar refractivity (Wildman–Crippen MR) is 59.3 cm³/mol. The van der Waals surface area contributed by atoms with Crippen molar-refractivity contribution in [3.63, 3.8) is 0 Å². The van der Waals surface area contributed by atoms with Gasteiger partial charge in [0.2, 0.25) is 0 Å². The summed E-state index contributed by atoms with van der Waals surface area (Å²) < 4.78 is 0. The van der Waals surface area contributed by atoms with Crippen LogP contribution >= 0.6 is 11.6 Å². The van der Waals surface area contributed by atoms with E-state index in [-0.39, 0.29) is 22.9 Å². The molecular formula is C10H13ClN2O2. The molecule has 1 aromatic heterocycles. The molecule has 1 aromatic rings. The standard InChI is InChI=1S/C10H13ClN2O2/c1-7(5-11)13(2)10(15)8-6-12-4-3-9(8)14/h3-4,6-7H,5H2,1-2H3,(H,12,14). The van der Waals surface area contributed by atoms with Crippen LogP contribution in [0, 0.1) is 0 Å². The molecule has 0 saturated heterocycles. The number of rotatable bonds is 3. The molecule has 1 heterocycles. The number of amides is 1. The third kappa shape index (κ3) is 2.59. The smallest absolute Gasteiger partial charge is 0.259 e. The van der Waals surface area contributed by atoms with E-state index in [1.165, 1.54) is 23.4 Å². The first-order valence-corrected chi connectivity index (χ1v) is 5.11. The van der Waals surface area contributed by atoms with Gasteiger partial charge < -0.3 is 9.88 Å². The SMILES string of the molecule is CC(CCl)N(C)C(=O)c1c[nH]ccc1=O. The van der Waals surface area contributed by atoms with Crippen LogP contribution in [0.2, 0.25) is 0 Å². The first-order chi connectivity index (χ1) is 7.07. The summed E-state index contributed by atoms with van der Waals surface area (Å²) in [5.74, 6) is 0.0254. The molecule has 5 heteroatoms. The maximum atomic E-state index is 11.8. The van der Waals surface area contributed by atoms with Crippen LogP contribution in [0.4, 0.5) is 0 Å². The molecule has 4 nitrogen and oxygen atoms in total. The lowest BCUT2D eigenvalue weighted by Crippen LogP contribution is -2.38. The van der Waals surface area contributed by atoms with Gasteiger partial charge in [-0.3, -0.25) is 9.59 Å². The van der Waals surface area contributed by atoms with Gasteiger partial charge in [-0.05, 0) is 6.92 Å². The minimum Gasteiger partial charge on any atom is -0.367 e. The Hall–Kier alpha value is -1.29. The normalized spacial score (nSPS) is 12.2. The predicted octanol–water partition coefficient (Wildman–Crippen LogP) is 1.07. The Morgan fingerprint density at radius 3 is 2.87 bits per heavy atom. The van der Waals surface area contributed by atoms with Crippen molar-refractivity contribution in [1.82, 2.24) is 9.88 Å². The lowest BCUT2D eigenvalue weighted by molar-refractivity contribution is 0.0755. The summed E-state index contributed by atoms with van der Waals surface area (Å²) in [6.07, 6.45) is 2.90. The fourth-order valence-corrected chi connectivity index (χ4v) is 1.28. The zero-order valence-electron chi connectivity index (χ0n) is 8.66. The fraction of sp³-hybridized carbons (Fsp3) is 0.400. The zero-order chi connectivity index (χ0) is 11.4. The molecule has 1 unspecified atom stereocenters. The van der Waals surface area contributed by atoms with E-state index in [0.717, 1.165) is 0 Å². The van der Waals surface area contributed by atoms with Gasteiger partial charge in [0.25, 0.3) is 5.91 Å². The Balaban J connectivity index is 2.95. The van der Waals surface area contributed by atoms with Crippen LogP contribution in [0.5, 0.6) is 0 Å². The van der Waals surface area contributed by atoms with Crippen molar-refractivity contribution in [2.45, 2.75) is 13.0 Å². The highest BCUT2D eigenvalue weighted by Crippen LogP contribution is 2.03. The number of H-pyrrole nitrogens is 1. The van der Waals surface area contributed by atoms with Crippen molar-refractivity contribution in [2.24, 2.45) is 0 Å². The van der Waals surface area contributed by atoms with Crippen molar-refractivity contribution < 1.29 is 4.79 Å². The molecule has 0 aliphatic carbocycles. The monoisotopic (exact) mass is 228 g/mol. The second-order valence-electron chi connectivity index (χ2n) is 3.34. The minimum atomic E-state index is -0.315. The summed E-state index contributed by atoms with van der Waals surface area (Å²) in [7, 11) is 1.63. The van der Waals surface area contributed by atoms with Crippen LogP contribution in [0.15, 0.2) is 23.3 Å². The summed E-state index contributed by atoms with van der Waals surface area (Å²) in [4.78, 5) is 27.4. The van der Waals surface area contributed by atoms with Crippen LogP contribution in [0.25, 0.3) is 0 Å². The number of hydrogen-bond donors (Lipinski definition) is 1. The van der Waals surface area contributed by atoms with Gasteiger partial charge in [-0.1, -0.05) is 0 Å². The number of carbonyl (C=O) groups excluding carboxylic acids is 1. The van der Waals surface area contributed by atoms with Crippen molar-refractivity contribution >= 4 is 17.5 Å². The first-order valence-electron chi connectivity index (χ1n) is 4.58. The average molecular weight is 229 g/mol. The topological polar surface area (TPSA) is 53.2 Å². The molecular weight excluding hydrogens is 216 g/mol. The largest absolute Gasteiger partial charge is 0.367 e. The molecule has 0 fully saturated rings. The first kappa shape index (κ1) is 11.8. The fourth-order valence-electron chi connectivity index (χ4n) is 1.08. The third-order valence-corrected chi connectivity index (χ3v) is 2.71. The molecule has 0 aliphatic heterocycles. The zero-order valence-corrected chi connectivity index (χ0v) is 9.41. The van der Waals surface area contributed by atoms with Crippen molar-refractivity contribution in [2.75, 3.05) is 12.9 Å². The number of aromatic nitrogens is 1. The Morgan fingerprint density at radius 1 is 1.67 bits per heavy atom. The highest BCUT2D eigenvalue weighted by Gasteiger charge is 2.18. The number of nitrogens with one attached hydrogen (secondary N) is 1. The molecule has 0 spiro atoms. The van der Waals surface area contributed by atoms with E-state index in [4.69, 9.17) is 11.6 Å². The van der Waals surface area contributed by atoms with E-state index in [9.17, 15) is 9.59 Å². The quantitative estimate of drug-likeness (QED) is 0.787. The van der Waals surface area contributed by atoms with E-state index in [0.29, 0.717) is 5.88 Å². The summed E-state index contributed by atoms with van der Waals surface area (Å²) >= 11 is 5.64. The van der Waals surface area contributed by atoms with Gasteiger partial charge in [-0.2, -0.15) is 0 Å².